The third-order valence-corrected chi connectivity index (χ3v) is 8.36. The number of rotatable bonds is 8. The van der Waals surface area contributed by atoms with Crippen molar-refractivity contribution in [3.63, 3.8) is 0 Å². The van der Waals surface area contributed by atoms with Crippen LogP contribution in [0, 0.1) is 0 Å². The van der Waals surface area contributed by atoms with Crippen LogP contribution in [0.15, 0.2) is 58.3 Å². The van der Waals surface area contributed by atoms with Crippen LogP contribution in [0.4, 0.5) is 5.69 Å². The zero-order valence-corrected chi connectivity index (χ0v) is 16.9. The molecule has 7 nitrogen and oxygen atoms in total. The Bertz CT molecular complexity index is 1060. The molecule has 0 amide bonds. The van der Waals surface area contributed by atoms with Gasteiger partial charge in [0.15, 0.2) is 0 Å². The number of nitrogens with zero attached hydrogens (tertiary/aromatic N) is 1. The van der Waals surface area contributed by atoms with Crippen LogP contribution in [0.5, 0.6) is 0 Å². The average molecular weight is 422 g/mol. The molecule has 0 aliphatic heterocycles. The Morgan fingerprint density at radius 1 is 0.857 bits per heavy atom. The Balaban J connectivity index is 1.57. The van der Waals surface area contributed by atoms with Gasteiger partial charge in [0.25, 0.3) is 0 Å². The molecule has 4 rings (SSSR count). The van der Waals surface area contributed by atoms with Gasteiger partial charge in [-0.3, -0.25) is 0 Å². The number of hydrogen-bond acceptors (Lipinski definition) is 5. The van der Waals surface area contributed by atoms with Gasteiger partial charge in [0.2, 0.25) is 20.0 Å². The smallest absolute Gasteiger partial charge is 0.243 e. The van der Waals surface area contributed by atoms with E-state index in [9.17, 15) is 16.8 Å². The molecule has 0 heterocycles. The van der Waals surface area contributed by atoms with Crippen LogP contribution in [0.1, 0.15) is 31.2 Å². The number of anilines is 1. The second-order valence-corrected chi connectivity index (χ2v) is 11.0. The minimum absolute atomic E-state index is 0.00123. The predicted molar refractivity (Wildman–Crippen MR) is 106 cm³/mol. The van der Waals surface area contributed by atoms with E-state index in [0.29, 0.717) is 5.69 Å². The first kappa shape index (κ1) is 19.4. The van der Waals surface area contributed by atoms with E-state index < -0.39 is 20.0 Å². The number of nitrogen functional groups attached to an aromatic ring is 1. The van der Waals surface area contributed by atoms with Crippen molar-refractivity contribution in [1.29, 1.82) is 0 Å². The third kappa shape index (κ3) is 4.22. The van der Waals surface area contributed by atoms with Gasteiger partial charge in [-0.05, 0) is 67.6 Å². The normalized spacial score (nSPS) is 17.8. The number of nitrogens with one attached hydrogen (secondary N) is 1. The summed E-state index contributed by atoms with van der Waals surface area (Å²) in [5.74, 6) is 0. The minimum Gasteiger partial charge on any atom is -0.399 e. The highest BCUT2D eigenvalue weighted by molar-refractivity contribution is 7.89. The van der Waals surface area contributed by atoms with Gasteiger partial charge in [-0.1, -0.05) is 12.1 Å². The first-order valence-corrected chi connectivity index (χ1v) is 12.2. The number of hydrogen-bond donors (Lipinski definition) is 2. The fraction of sp³-hybridized carbons (Fsp3) is 0.368. The van der Waals surface area contributed by atoms with Crippen molar-refractivity contribution in [2.45, 2.75) is 54.1 Å². The summed E-state index contributed by atoms with van der Waals surface area (Å²) < 4.78 is 55.0. The Hall–Kier alpha value is -1.94. The molecule has 3 N–H and O–H groups in total. The van der Waals surface area contributed by atoms with Crippen molar-refractivity contribution >= 4 is 25.7 Å². The molecule has 150 valence electrons. The van der Waals surface area contributed by atoms with Gasteiger partial charge >= 0.3 is 0 Å². The summed E-state index contributed by atoms with van der Waals surface area (Å²) in [7, 11) is -7.34. The van der Waals surface area contributed by atoms with E-state index in [-0.39, 0.29) is 28.4 Å². The Morgan fingerprint density at radius 2 is 1.43 bits per heavy atom. The first-order chi connectivity index (χ1) is 13.3. The fourth-order valence-electron chi connectivity index (χ4n) is 2.99. The standard InChI is InChI=1S/C19H23N3O4S2/c20-15-3-1-14(2-4-15)13-22(17-7-8-17)28(25,26)19-11-9-18(10-12-19)27(23,24)21-16-5-6-16/h1-4,9-12,16-17,21H,5-8,13,20H2. The molecule has 2 aromatic carbocycles. The maximum Gasteiger partial charge on any atom is 0.243 e. The molecule has 2 aliphatic rings. The zero-order chi connectivity index (χ0) is 19.9. The molecule has 0 aromatic heterocycles. The van der Waals surface area contributed by atoms with E-state index in [1.807, 2.05) is 12.1 Å². The van der Waals surface area contributed by atoms with Gasteiger partial charge in [-0.15, -0.1) is 0 Å². The van der Waals surface area contributed by atoms with E-state index in [2.05, 4.69) is 4.72 Å². The molecule has 0 bridgehead atoms. The second-order valence-electron chi connectivity index (χ2n) is 7.39. The second kappa shape index (κ2) is 7.14. The van der Waals surface area contributed by atoms with Gasteiger partial charge in [0.1, 0.15) is 0 Å². The fourth-order valence-corrected chi connectivity index (χ4v) is 5.97. The molecule has 0 spiro atoms. The maximum atomic E-state index is 13.2. The summed E-state index contributed by atoms with van der Waals surface area (Å²) in [6, 6.07) is 12.6. The van der Waals surface area contributed by atoms with E-state index in [1.54, 1.807) is 12.1 Å². The van der Waals surface area contributed by atoms with Gasteiger partial charge in [-0.25, -0.2) is 21.6 Å². The van der Waals surface area contributed by atoms with Crippen LogP contribution in [0.2, 0.25) is 0 Å². The highest BCUT2D eigenvalue weighted by Gasteiger charge is 2.38. The largest absolute Gasteiger partial charge is 0.399 e. The molecule has 0 radical (unpaired) electrons. The number of sulfonamides is 2. The lowest BCUT2D eigenvalue weighted by atomic mass is 10.2. The molecule has 0 atom stereocenters. The molecule has 9 heteroatoms. The predicted octanol–water partition coefficient (Wildman–Crippen LogP) is 2.06. The highest BCUT2D eigenvalue weighted by Crippen LogP contribution is 2.34. The Morgan fingerprint density at radius 3 is 1.96 bits per heavy atom. The van der Waals surface area contributed by atoms with Gasteiger partial charge in [0.05, 0.1) is 9.79 Å². The number of nitrogens with two attached hydrogens (primary N) is 1. The van der Waals surface area contributed by atoms with Crippen molar-refractivity contribution in [3.05, 3.63) is 54.1 Å². The average Bonchev–Trinajstić information content (AvgIpc) is 3.56. The van der Waals surface area contributed by atoms with E-state index in [4.69, 9.17) is 5.73 Å². The van der Waals surface area contributed by atoms with Gasteiger partial charge < -0.3 is 5.73 Å². The van der Waals surface area contributed by atoms with Crippen LogP contribution in [-0.4, -0.2) is 33.2 Å². The summed E-state index contributed by atoms with van der Waals surface area (Å²) in [5, 5.41) is 0. The Kier molecular flexibility index (Phi) is 4.95. The minimum atomic E-state index is -3.73. The monoisotopic (exact) mass is 421 g/mol. The quantitative estimate of drug-likeness (QED) is 0.634. The van der Waals surface area contributed by atoms with Gasteiger partial charge in [0, 0.05) is 24.3 Å². The highest BCUT2D eigenvalue weighted by atomic mass is 32.2. The third-order valence-electron chi connectivity index (χ3n) is 4.91. The molecule has 2 aliphatic carbocycles. The molecular formula is C19H23N3O4S2. The molecule has 0 unspecified atom stereocenters. The zero-order valence-electron chi connectivity index (χ0n) is 15.3. The molecule has 2 aromatic rings. The van der Waals surface area contributed by atoms with E-state index in [0.717, 1.165) is 31.2 Å². The lowest BCUT2D eigenvalue weighted by Gasteiger charge is -2.22. The van der Waals surface area contributed by atoms with Gasteiger partial charge in [-0.2, -0.15) is 4.31 Å². The maximum absolute atomic E-state index is 13.2. The SMILES string of the molecule is Nc1ccc(CN(C2CC2)S(=O)(=O)c2ccc(S(=O)(=O)NC3CC3)cc2)cc1. The van der Waals surface area contributed by atoms with Crippen LogP contribution in [-0.2, 0) is 26.6 Å². The molecule has 2 saturated carbocycles. The van der Waals surface area contributed by atoms with Crippen LogP contribution in [0.25, 0.3) is 0 Å². The summed E-state index contributed by atoms with van der Waals surface area (Å²) in [5.41, 5.74) is 7.19. The van der Waals surface area contributed by atoms with Crippen molar-refractivity contribution < 1.29 is 16.8 Å². The van der Waals surface area contributed by atoms with E-state index >= 15 is 0 Å². The lowest BCUT2D eigenvalue weighted by molar-refractivity contribution is 0.398. The lowest BCUT2D eigenvalue weighted by Crippen LogP contribution is -2.32. The van der Waals surface area contributed by atoms with E-state index in [1.165, 1.54) is 28.6 Å². The van der Waals surface area contributed by atoms with Crippen LogP contribution < -0.4 is 10.5 Å². The summed E-state index contributed by atoms with van der Waals surface area (Å²) in [6.45, 7) is 0.260. The molecular weight excluding hydrogens is 398 g/mol. The Labute approximate surface area is 165 Å². The van der Waals surface area contributed by atoms with Crippen LogP contribution >= 0.6 is 0 Å². The first-order valence-electron chi connectivity index (χ1n) is 9.24. The van der Waals surface area contributed by atoms with Crippen molar-refractivity contribution in [2.75, 3.05) is 5.73 Å². The molecule has 2 fully saturated rings. The summed E-state index contributed by atoms with van der Waals surface area (Å²) >= 11 is 0. The molecule has 28 heavy (non-hydrogen) atoms. The van der Waals surface area contributed by atoms with Crippen molar-refractivity contribution in [3.8, 4) is 0 Å². The molecule has 0 saturated heterocycles. The summed E-state index contributed by atoms with van der Waals surface area (Å²) in [4.78, 5) is 0.176. The topological polar surface area (TPSA) is 110 Å². The van der Waals surface area contributed by atoms with Crippen molar-refractivity contribution in [2.24, 2.45) is 0 Å². The number of benzene rings is 2. The van der Waals surface area contributed by atoms with Crippen molar-refractivity contribution in [1.82, 2.24) is 9.03 Å². The summed E-state index contributed by atoms with van der Waals surface area (Å²) in [6.07, 6.45) is 3.33. The van der Waals surface area contributed by atoms with Crippen LogP contribution in [0.3, 0.4) is 0 Å².